The Bertz CT molecular complexity index is 741. The van der Waals surface area contributed by atoms with Crippen molar-refractivity contribution in [2.75, 3.05) is 7.11 Å². The number of benzene rings is 1. The average molecular weight is 327 g/mol. The van der Waals surface area contributed by atoms with Gasteiger partial charge in [-0.15, -0.1) is 0 Å². The van der Waals surface area contributed by atoms with Crippen LogP contribution in [0.15, 0.2) is 30.5 Å². The summed E-state index contributed by atoms with van der Waals surface area (Å²) in [6.45, 7) is 1.55. The molecule has 0 spiro atoms. The molecule has 7 heteroatoms. The number of halogens is 4. The molecule has 1 heterocycles. The summed E-state index contributed by atoms with van der Waals surface area (Å²) in [6, 6.07) is 5.23. The number of hydrogen-bond donors (Lipinski definition) is 0. The minimum absolute atomic E-state index is 0.0342. The molecule has 0 aliphatic carbocycles. The van der Waals surface area contributed by atoms with E-state index >= 15 is 0 Å². The highest BCUT2D eigenvalue weighted by Gasteiger charge is 2.42. The van der Waals surface area contributed by atoms with Crippen LogP contribution >= 0.6 is 0 Å². The third-order valence-corrected chi connectivity index (χ3v) is 3.34. The topological polar surface area (TPSA) is 39.2 Å². The first-order valence-electron chi connectivity index (χ1n) is 6.72. The monoisotopic (exact) mass is 327 g/mol. The minimum atomic E-state index is -5.15. The van der Waals surface area contributed by atoms with Crippen LogP contribution in [0.5, 0.6) is 5.75 Å². The van der Waals surface area contributed by atoms with Crippen molar-refractivity contribution in [1.82, 2.24) is 4.98 Å². The lowest BCUT2D eigenvalue weighted by atomic mass is 9.93. The first-order valence-corrected chi connectivity index (χ1v) is 6.72. The Kier molecular flexibility index (Phi) is 4.68. The van der Waals surface area contributed by atoms with Crippen LogP contribution in [0, 0.1) is 5.82 Å². The van der Waals surface area contributed by atoms with E-state index in [1.807, 2.05) is 0 Å². The standard InChI is InChI=1S/C16H13F4NO2/c1-3-10-11(13-8-9(23-2)6-7-21-13)4-5-12(17)14(10)15(22)16(18,19)20/h4-8H,3H2,1-2H3. The summed E-state index contributed by atoms with van der Waals surface area (Å²) in [5, 5.41) is 0. The van der Waals surface area contributed by atoms with Gasteiger partial charge in [-0.2, -0.15) is 13.2 Å². The predicted octanol–water partition coefficient (Wildman–Crippen LogP) is 4.20. The highest BCUT2D eigenvalue weighted by molar-refractivity contribution is 6.03. The molecular formula is C16H13F4NO2. The second-order valence-corrected chi connectivity index (χ2v) is 4.71. The summed E-state index contributed by atoms with van der Waals surface area (Å²) in [6.07, 6.45) is -3.68. The zero-order valence-corrected chi connectivity index (χ0v) is 12.4. The molecule has 1 aromatic carbocycles. The maximum atomic E-state index is 13.9. The van der Waals surface area contributed by atoms with Gasteiger partial charge in [0.1, 0.15) is 11.6 Å². The minimum Gasteiger partial charge on any atom is -0.497 e. The number of nitrogens with zero attached hydrogens (tertiary/aromatic N) is 1. The van der Waals surface area contributed by atoms with Crippen LogP contribution < -0.4 is 4.74 Å². The second kappa shape index (κ2) is 6.36. The zero-order valence-electron chi connectivity index (χ0n) is 12.4. The summed E-state index contributed by atoms with van der Waals surface area (Å²) in [4.78, 5) is 15.6. The first kappa shape index (κ1) is 16.9. The fourth-order valence-corrected chi connectivity index (χ4v) is 2.30. The number of ketones is 1. The number of methoxy groups -OCH3 is 1. The van der Waals surface area contributed by atoms with Gasteiger partial charge in [-0.3, -0.25) is 9.78 Å². The van der Waals surface area contributed by atoms with Crippen LogP contribution in [0.4, 0.5) is 17.6 Å². The number of pyridine rings is 1. The van der Waals surface area contributed by atoms with Crippen LogP contribution in [0.1, 0.15) is 22.8 Å². The van der Waals surface area contributed by atoms with E-state index in [9.17, 15) is 22.4 Å². The smallest absolute Gasteiger partial charge is 0.454 e. The van der Waals surface area contributed by atoms with Crippen LogP contribution in [0.2, 0.25) is 0 Å². The van der Waals surface area contributed by atoms with E-state index in [2.05, 4.69) is 4.98 Å². The quantitative estimate of drug-likeness (QED) is 0.624. The van der Waals surface area contributed by atoms with Gasteiger partial charge in [-0.1, -0.05) is 6.92 Å². The molecule has 3 nitrogen and oxygen atoms in total. The number of rotatable bonds is 4. The number of Topliss-reactive ketones (excluding diaryl/α,β-unsaturated/α-hetero) is 1. The molecule has 122 valence electrons. The first-order chi connectivity index (χ1) is 10.8. The molecule has 0 saturated heterocycles. The number of aromatic nitrogens is 1. The van der Waals surface area contributed by atoms with Gasteiger partial charge in [0.2, 0.25) is 0 Å². The number of carbonyl (C=O) groups is 1. The van der Waals surface area contributed by atoms with Crippen molar-refractivity contribution in [1.29, 1.82) is 0 Å². The van der Waals surface area contributed by atoms with E-state index in [1.165, 1.54) is 25.4 Å². The fourth-order valence-electron chi connectivity index (χ4n) is 2.30. The molecule has 0 bridgehead atoms. The van der Waals surface area contributed by atoms with Gasteiger partial charge in [0.05, 0.1) is 18.4 Å². The van der Waals surface area contributed by atoms with Crippen molar-refractivity contribution in [3.8, 4) is 17.0 Å². The molecule has 0 radical (unpaired) electrons. The third-order valence-electron chi connectivity index (χ3n) is 3.34. The number of hydrogen-bond acceptors (Lipinski definition) is 3. The van der Waals surface area contributed by atoms with Crippen molar-refractivity contribution in [3.05, 3.63) is 47.4 Å². The number of ether oxygens (including phenoxy) is 1. The van der Waals surface area contributed by atoms with Crippen molar-refractivity contribution in [2.45, 2.75) is 19.5 Å². The Morgan fingerprint density at radius 2 is 1.96 bits per heavy atom. The van der Waals surface area contributed by atoms with Crippen molar-refractivity contribution >= 4 is 5.78 Å². The maximum absolute atomic E-state index is 13.9. The SMILES string of the molecule is CCc1c(-c2cc(OC)ccn2)ccc(F)c1C(=O)C(F)(F)F. The van der Waals surface area contributed by atoms with Crippen LogP contribution in [0.3, 0.4) is 0 Å². The lowest BCUT2D eigenvalue weighted by Crippen LogP contribution is -2.25. The Morgan fingerprint density at radius 3 is 2.52 bits per heavy atom. The lowest BCUT2D eigenvalue weighted by molar-refractivity contribution is -0.0888. The largest absolute Gasteiger partial charge is 0.497 e. The fraction of sp³-hybridized carbons (Fsp3) is 0.250. The third kappa shape index (κ3) is 3.33. The Balaban J connectivity index is 2.69. The predicted molar refractivity (Wildman–Crippen MR) is 75.9 cm³/mol. The zero-order chi connectivity index (χ0) is 17.2. The molecule has 2 rings (SSSR count). The molecular weight excluding hydrogens is 314 g/mol. The molecule has 0 N–H and O–H groups in total. The van der Waals surface area contributed by atoms with Crippen LogP contribution in [-0.4, -0.2) is 24.1 Å². The summed E-state index contributed by atoms with van der Waals surface area (Å²) < 4.78 is 57.1. The Morgan fingerprint density at radius 1 is 1.26 bits per heavy atom. The molecule has 0 aliphatic rings. The van der Waals surface area contributed by atoms with Gasteiger partial charge in [-0.25, -0.2) is 4.39 Å². The summed E-state index contributed by atoms with van der Waals surface area (Å²) >= 11 is 0. The van der Waals surface area contributed by atoms with Gasteiger partial charge in [-0.05, 0) is 30.2 Å². The number of alkyl halides is 3. The second-order valence-electron chi connectivity index (χ2n) is 4.71. The highest BCUT2D eigenvalue weighted by Crippen LogP contribution is 2.32. The van der Waals surface area contributed by atoms with Gasteiger partial charge in [0.25, 0.3) is 5.78 Å². The maximum Gasteiger partial charge on any atom is 0.454 e. The normalized spacial score (nSPS) is 11.4. The van der Waals surface area contributed by atoms with Crippen LogP contribution in [0.25, 0.3) is 11.3 Å². The molecule has 23 heavy (non-hydrogen) atoms. The summed E-state index contributed by atoms with van der Waals surface area (Å²) in [5.74, 6) is -2.95. The molecule has 0 aliphatic heterocycles. The van der Waals surface area contributed by atoms with E-state index in [0.29, 0.717) is 11.4 Å². The van der Waals surface area contributed by atoms with Crippen molar-refractivity contribution in [3.63, 3.8) is 0 Å². The molecule has 0 fully saturated rings. The Labute approximate surface area is 129 Å². The van der Waals surface area contributed by atoms with Gasteiger partial charge in [0.15, 0.2) is 0 Å². The lowest BCUT2D eigenvalue weighted by Gasteiger charge is -2.15. The van der Waals surface area contributed by atoms with Crippen molar-refractivity contribution in [2.24, 2.45) is 0 Å². The summed E-state index contributed by atoms with van der Waals surface area (Å²) in [5.41, 5.74) is -0.423. The Hall–Kier alpha value is -2.44. The summed E-state index contributed by atoms with van der Waals surface area (Å²) in [7, 11) is 1.43. The van der Waals surface area contributed by atoms with Gasteiger partial charge >= 0.3 is 6.18 Å². The van der Waals surface area contributed by atoms with E-state index in [-0.39, 0.29) is 17.5 Å². The molecule has 0 atom stereocenters. The average Bonchev–Trinajstić information content (AvgIpc) is 2.52. The molecule has 2 aromatic rings. The van der Waals surface area contributed by atoms with E-state index < -0.39 is 23.3 Å². The molecule has 0 saturated carbocycles. The van der Waals surface area contributed by atoms with E-state index in [0.717, 1.165) is 6.07 Å². The van der Waals surface area contributed by atoms with E-state index in [4.69, 9.17) is 4.74 Å². The van der Waals surface area contributed by atoms with Crippen LogP contribution in [-0.2, 0) is 6.42 Å². The molecule has 0 amide bonds. The van der Waals surface area contributed by atoms with Gasteiger partial charge < -0.3 is 4.74 Å². The van der Waals surface area contributed by atoms with E-state index in [1.54, 1.807) is 13.0 Å². The molecule has 0 unspecified atom stereocenters. The highest BCUT2D eigenvalue weighted by atomic mass is 19.4. The van der Waals surface area contributed by atoms with Gasteiger partial charge in [0, 0.05) is 17.8 Å². The van der Waals surface area contributed by atoms with Crippen molar-refractivity contribution < 1.29 is 27.1 Å². The number of carbonyl (C=O) groups excluding carboxylic acids is 1. The molecule has 1 aromatic heterocycles.